The molecule has 154 valence electrons. The Labute approximate surface area is 170 Å². The molecule has 7 heteroatoms. The topological polar surface area (TPSA) is 96.9 Å². The number of carbonyl (C=O) groups excluding carboxylic acids is 1. The summed E-state index contributed by atoms with van der Waals surface area (Å²) in [5, 5.41) is 14.7. The SMILES string of the molecule is O=C(O)CCC(Cc1ccccc1)NC(=O)NCCc1ccc2c(c1)OCCO2. The highest BCUT2D eigenvalue weighted by molar-refractivity contribution is 5.74. The van der Waals surface area contributed by atoms with E-state index in [-0.39, 0.29) is 18.5 Å². The van der Waals surface area contributed by atoms with Gasteiger partial charge >= 0.3 is 12.0 Å². The van der Waals surface area contributed by atoms with Crippen molar-refractivity contribution < 1.29 is 24.2 Å². The lowest BCUT2D eigenvalue weighted by molar-refractivity contribution is -0.137. The van der Waals surface area contributed by atoms with E-state index < -0.39 is 5.97 Å². The number of hydrogen-bond donors (Lipinski definition) is 3. The second-order valence-electron chi connectivity index (χ2n) is 6.95. The average molecular weight is 398 g/mol. The summed E-state index contributed by atoms with van der Waals surface area (Å²) in [6, 6.07) is 14.9. The molecule has 29 heavy (non-hydrogen) atoms. The summed E-state index contributed by atoms with van der Waals surface area (Å²) in [6.07, 6.45) is 1.63. The smallest absolute Gasteiger partial charge is 0.315 e. The van der Waals surface area contributed by atoms with E-state index >= 15 is 0 Å². The average Bonchev–Trinajstić information content (AvgIpc) is 2.72. The molecule has 7 nitrogen and oxygen atoms in total. The van der Waals surface area contributed by atoms with Crippen molar-refractivity contribution in [3.05, 3.63) is 59.7 Å². The van der Waals surface area contributed by atoms with Crippen LogP contribution in [-0.2, 0) is 17.6 Å². The Kier molecular flexibility index (Phi) is 7.33. The molecule has 0 saturated heterocycles. The van der Waals surface area contributed by atoms with Crippen LogP contribution >= 0.6 is 0 Å². The predicted octanol–water partition coefficient (Wildman–Crippen LogP) is 2.78. The third-order valence-electron chi connectivity index (χ3n) is 4.67. The Balaban J connectivity index is 1.48. The lowest BCUT2D eigenvalue weighted by Gasteiger charge is -2.20. The number of urea groups is 1. The van der Waals surface area contributed by atoms with Crippen LogP contribution in [0.5, 0.6) is 11.5 Å². The van der Waals surface area contributed by atoms with Gasteiger partial charge in [0.15, 0.2) is 11.5 Å². The molecule has 0 fully saturated rings. The molecule has 2 aromatic rings. The number of ether oxygens (including phenoxy) is 2. The molecule has 0 aromatic heterocycles. The zero-order chi connectivity index (χ0) is 20.5. The molecule has 0 saturated carbocycles. The molecule has 0 spiro atoms. The van der Waals surface area contributed by atoms with Gasteiger partial charge in [-0.15, -0.1) is 0 Å². The van der Waals surface area contributed by atoms with E-state index in [2.05, 4.69) is 10.6 Å². The standard InChI is InChI=1S/C22H26N2O5/c25-21(26)9-7-18(14-16-4-2-1-3-5-16)24-22(27)23-11-10-17-6-8-19-20(15-17)29-13-12-28-19/h1-6,8,15,18H,7,9-14H2,(H,25,26)(H2,23,24,27). The first kappa shape index (κ1) is 20.5. The van der Waals surface area contributed by atoms with Crippen molar-refractivity contribution in [3.63, 3.8) is 0 Å². The van der Waals surface area contributed by atoms with Crippen LogP contribution in [0.4, 0.5) is 4.79 Å². The van der Waals surface area contributed by atoms with Crippen molar-refractivity contribution in [3.8, 4) is 11.5 Å². The number of nitrogens with one attached hydrogen (secondary N) is 2. The van der Waals surface area contributed by atoms with E-state index in [1.54, 1.807) is 0 Å². The third kappa shape index (κ3) is 6.71. The van der Waals surface area contributed by atoms with Crippen LogP contribution in [0.3, 0.4) is 0 Å². The summed E-state index contributed by atoms with van der Waals surface area (Å²) in [5.74, 6) is 0.603. The van der Waals surface area contributed by atoms with Crippen LogP contribution < -0.4 is 20.1 Å². The van der Waals surface area contributed by atoms with Crippen molar-refractivity contribution in [1.82, 2.24) is 10.6 Å². The summed E-state index contributed by atoms with van der Waals surface area (Å²) in [6.45, 7) is 1.55. The Hall–Kier alpha value is -3.22. The molecule has 1 heterocycles. The van der Waals surface area contributed by atoms with Gasteiger partial charge in [-0.1, -0.05) is 36.4 Å². The van der Waals surface area contributed by atoms with Gasteiger partial charge in [-0.05, 0) is 42.5 Å². The highest BCUT2D eigenvalue weighted by Crippen LogP contribution is 2.30. The second-order valence-corrected chi connectivity index (χ2v) is 6.95. The zero-order valence-electron chi connectivity index (χ0n) is 16.2. The number of carbonyl (C=O) groups is 2. The van der Waals surface area contributed by atoms with Crippen molar-refractivity contribution in [2.45, 2.75) is 31.7 Å². The van der Waals surface area contributed by atoms with Gasteiger partial charge in [0.25, 0.3) is 0 Å². The van der Waals surface area contributed by atoms with E-state index in [1.165, 1.54) is 0 Å². The maximum absolute atomic E-state index is 12.3. The minimum Gasteiger partial charge on any atom is -0.486 e. The molecule has 1 unspecified atom stereocenters. The van der Waals surface area contributed by atoms with Crippen LogP contribution in [0.15, 0.2) is 48.5 Å². The third-order valence-corrected chi connectivity index (χ3v) is 4.67. The molecule has 0 radical (unpaired) electrons. The maximum Gasteiger partial charge on any atom is 0.315 e. The zero-order valence-corrected chi connectivity index (χ0v) is 16.2. The number of benzene rings is 2. The van der Waals surface area contributed by atoms with Gasteiger partial charge in [-0.2, -0.15) is 0 Å². The molecule has 1 aliphatic rings. The van der Waals surface area contributed by atoms with Gasteiger partial charge in [-0.25, -0.2) is 4.79 Å². The molecule has 3 N–H and O–H groups in total. The molecule has 2 aromatic carbocycles. The van der Waals surface area contributed by atoms with Crippen LogP contribution in [0.1, 0.15) is 24.0 Å². The van der Waals surface area contributed by atoms with Crippen LogP contribution in [-0.4, -0.2) is 42.9 Å². The highest BCUT2D eigenvalue weighted by atomic mass is 16.6. The summed E-state index contributed by atoms with van der Waals surface area (Å²) >= 11 is 0. The number of amides is 2. The highest BCUT2D eigenvalue weighted by Gasteiger charge is 2.15. The van der Waals surface area contributed by atoms with E-state index in [1.807, 2.05) is 48.5 Å². The number of hydrogen-bond acceptors (Lipinski definition) is 4. The molecular formula is C22H26N2O5. The van der Waals surface area contributed by atoms with Crippen molar-refractivity contribution >= 4 is 12.0 Å². The summed E-state index contributed by atoms with van der Waals surface area (Å²) in [7, 11) is 0. The van der Waals surface area contributed by atoms with Gasteiger partial charge in [0.1, 0.15) is 13.2 Å². The van der Waals surface area contributed by atoms with E-state index in [0.717, 1.165) is 22.6 Å². The van der Waals surface area contributed by atoms with Crippen LogP contribution in [0.25, 0.3) is 0 Å². The van der Waals surface area contributed by atoms with E-state index in [0.29, 0.717) is 39.0 Å². The normalized spacial score (nSPS) is 13.4. The number of fused-ring (bicyclic) bond motifs is 1. The first-order valence-corrected chi connectivity index (χ1v) is 9.79. The lowest BCUT2D eigenvalue weighted by atomic mass is 10.0. The van der Waals surface area contributed by atoms with Crippen molar-refractivity contribution in [2.24, 2.45) is 0 Å². The fourth-order valence-electron chi connectivity index (χ4n) is 3.22. The number of carboxylic acids is 1. The molecular weight excluding hydrogens is 372 g/mol. The van der Waals surface area contributed by atoms with Gasteiger partial charge in [0.05, 0.1) is 0 Å². The van der Waals surface area contributed by atoms with E-state index in [9.17, 15) is 9.59 Å². The molecule has 0 bridgehead atoms. The Morgan fingerprint density at radius 1 is 1.00 bits per heavy atom. The Morgan fingerprint density at radius 2 is 1.76 bits per heavy atom. The predicted molar refractivity (Wildman–Crippen MR) is 108 cm³/mol. The molecule has 3 rings (SSSR count). The maximum atomic E-state index is 12.3. The molecule has 2 amide bonds. The van der Waals surface area contributed by atoms with Gasteiger partial charge < -0.3 is 25.2 Å². The number of rotatable bonds is 9. The molecule has 1 atom stereocenters. The number of aliphatic carboxylic acids is 1. The fraction of sp³-hybridized carbons (Fsp3) is 0.364. The molecule has 1 aliphatic heterocycles. The molecule has 0 aliphatic carbocycles. The minimum atomic E-state index is -0.871. The summed E-state index contributed by atoms with van der Waals surface area (Å²) in [4.78, 5) is 23.2. The van der Waals surface area contributed by atoms with Gasteiger partial charge in [-0.3, -0.25) is 4.79 Å². The second kappa shape index (κ2) is 10.4. The minimum absolute atomic E-state index is 0.00891. The monoisotopic (exact) mass is 398 g/mol. The Bertz CT molecular complexity index is 825. The van der Waals surface area contributed by atoms with Crippen LogP contribution in [0, 0.1) is 0 Å². The van der Waals surface area contributed by atoms with E-state index in [4.69, 9.17) is 14.6 Å². The first-order valence-electron chi connectivity index (χ1n) is 9.79. The summed E-state index contributed by atoms with van der Waals surface area (Å²) < 4.78 is 11.1. The quantitative estimate of drug-likeness (QED) is 0.604. The van der Waals surface area contributed by atoms with Crippen LogP contribution in [0.2, 0.25) is 0 Å². The Morgan fingerprint density at radius 3 is 2.52 bits per heavy atom. The largest absolute Gasteiger partial charge is 0.486 e. The fourth-order valence-corrected chi connectivity index (χ4v) is 3.22. The number of carboxylic acid groups (broad SMARTS) is 1. The lowest BCUT2D eigenvalue weighted by Crippen LogP contribution is -2.44. The first-order chi connectivity index (χ1) is 14.1. The van der Waals surface area contributed by atoms with Gasteiger partial charge in [0.2, 0.25) is 0 Å². The van der Waals surface area contributed by atoms with Crippen molar-refractivity contribution in [1.29, 1.82) is 0 Å². The summed E-state index contributed by atoms with van der Waals surface area (Å²) in [5.41, 5.74) is 2.10. The van der Waals surface area contributed by atoms with Gasteiger partial charge in [0, 0.05) is 19.0 Å². The van der Waals surface area contributed by atoms with Crippen molar-refractivity contribution in [2.75, 3.05) is 19.8 Å².